The van der Waals surface area contributed by atoms with Gasteiger partial charge in [-0.15, -0.1) is 11.3 Å². The van der Waals surface area contributed by atoms with Crippen molar-refractivity contribution in [2.24, 2.45) is 0 Å². The molecule has 22 heavy (non-hydrogen) atoms. The van der Waals surface area contributed by atoms with Gasteiger partial charge in [-0.25, -0.2) is 4.98 Å². The Labute approximate surface area is 142 Å². The lowest BCUT2D eigenvalue weighted by Gasteiger charge is -2.17. The van der Waals surface area contributed by atoms with Gasteiger partial charge in [0.1, 0.15) is 10.3 Å². The number of hydrogen-bond acceptors (Lipinski definition) is 3. The summed E-state index contributed by atoms with van der Waals surface area (Å²) < 4.78 is 1.22. The first-order valence-electron chi connectivity index (χ1n) is 6.58. The molecule has 3 aromatic rings. The van der Waals surface area contributed by atoms with Crippen LogP contribution in [0.4, 0.5) is 0 Å². The van der Waals surface area contributed by atoms with Crippen molar-refractivity contribution >= 4 is 50.5 Å². The number of rotatable bonds is 3. The van der Waals surface area contributed by atoms with Gasteiger partial charge < -0.3 is 4.90 Å². The van der Waals surface area contributed by atoms with Crippen LogP contribution in [0.15, 0.2) is 41.8 Å². The van der Waals surface area contributed by atoms with Gasteiger partial charge in [0.25, 0.3) is 5.91 Å². The largest absolute Gasteiger partial charge is 0.337 e. The lowest BCUT2D eigenvalue weighted by Crippen LogP contribution is -2.26. The number of halogens is 2. The van der Waals surface area contributed by atoms with E-state index in [2.05, 4.69) is 22.5 Å². The van der Waals surface area contributed by atoms with Gasteiger partial charge in [0.15, 0.2) is 0 Å². The Balaban J connectivity index is 1.84. The molecular weight excluding hydrogens is 339 g/mol. The zero-order valence-electron chi connectivity index (χ0n) is 11.7. The van der Waals surface area contributed by atoms with Gasteiger partial charge >= 0.3 is 0 Å². The molecule has 0 unspecified atom stereocenters. The Morgan fingerprint density at radius 1 is 1.23 bits per heavy atom. The van der Waals surface area contributed by atoms with Crippen molar-refractivity contribution in [2.45, 2.75) is 6.54 Å². The third kappa shape index (κ3) is 3.09. The van der Waals surface area contributed by atoms with Crippen LogP contribution in [0.5, 0.6) is 0 Å². The van der Waals surface area contributed by atoms with Crippen LogP contribution in [0, 0.1) is 0 Å². The second-order valence-electron chi connectivity index (χ2n) is 4.92. The van der Waals surface area contributed by atoms with E-state index in [9.17, 15) is 4.79 Å². The smallest absolute Gasteiger partial charge is 0.254 e. The van der Waals surface area contributed by atoms with Gasteiger partial charge in [0.2, 0.25) is 0 Å². The molecule has 0 saturated heterocycles. The first-order chi connectivity index (χ1) is 10.5. The summed E-state index contributed by atoms with van der Waals surface area (Å²) in [5, 5.41) is 3.69. The van der Waals surface area contributed by atoms with Crippen molar-refractivity contribution in [1.29, 1.82) is 0 Å². The van der Waals surface area contributed by atoms with Crippen LogP contribution in [0.2, 0.25) is 10.3 Å². The minimum absolute atomic E-state index is 0.138. The molecule has 0 fully saturated rings. The minimum Gasteiger partial charge on any atom is -0.337 e. The van der Waals surface area contributed by atoms with Crippen molar-refractivity contribution in [1.82, 2.24) is 9.88 Å². The van der Waals surface area contributed by atoms with Crippen LogP contribution in [0.1, 0.15) is 15.9 Å². The summed E-state index contributed by atoms with van der Waals surface area (Å²) in [6.07, 6.45) is 0. The number of benzene rings is 1. The lowest BCUT2D eigenvalue weighted by atomic mass is 10.1. The van der Waals surface area contributed by atoms with Crippen LogP contribution < -0.4 is 0 Å². The SMILES string of the molecule is CN(Cc1csc2ccccc12)C(=O)c1cc(Cl)nc(Cl)c1. The fraction of sp³-hybridized carbons (Fsp3) is 0.125. The topological polar surface area (TPSA) is 33.2 Å². The molecule has 0 aliphatic carbocycles. The molecule has 3 rings (SSSR count). The summed E-state index contributed by atoms with van der Waals surface area (Å²) >= 11 is 13.4. The molecule has 0 N–H and O–H groups in total. The van der Waals surface area contributed by atoms with E-state index in [4.69, 9.17) is 23.2 Å². The molecule has 2 heterocycles. The predicted molar refractivity (Wildman–Crippen MR) is 91.9 cm³/mol. The Hall–Kier alpha value is -1.62. The van der Waals surface area contributed by atoms with Gasteiger partial charge in [-0.2, -0.15) is 0 Å². The minimum atomic E-state index is -0.138. The Morgan fingerprint density at radius 3 is 2.64 bits per heavy atom. The molecule has 0 radical (unpaired) electrons. The zero-order valence-corrected chi connectivity index (χ0v) is 14.0. The summed E-state index contributed by atoms with van der Waals surface area (Å²) in [6.45, 7) is 0.528. The molecule has 112 valence electrons. The molecule has 1 amide bonds. The van der Waals surface area contributed by atoms with Crippen molar-refractivity contribution in [2.75, 3.05) is 7.05 Å². The highest BCUT2D eigenvalue weighted by atomic mass is 35.5. The number of pyridine rings is 1. The summed E-state index contributed by atoms with van der Waals surface area (Å²) in [5.74, 6) is -0.138. The van der Waals surface area contributed by atoms with Gasteiger partial charge in [0, 0.05) is 23.9 Å². The van der Waals surface area contributed by atoms with Gasteiger partial charge in [-0.05, 0) is 34.5 Å². The average molecular weight is 351 g/mol. The van der Waals surface area contributed by atoms with E-state index in [-0.39, 0.29) is 16.2 Å². The number of thiophene rings is 1. The maximum atomic E-state index is 12.5. The quantitative estimate of drug-likeness (QED) is 0.631. The lowest BCUT2D eigenvalue weighted by molar-refractivity contribution is 0.0785. The van der Waals surface area contributed by atoms with E-state index in [0.717, 1.165) is 5.56 Å². The first kappa shape index (κ1) is 15.3. The third-order valence-corrected chi connectivity index (χ3v) is 4.72. The molecule has 0 spiro atoms. The number of hydrogen-bond donors (Lipinski definition) is 0. The van der Waals surface area contributed by atoms with Crippen LogP contribution in [-0.4, -0.2) is 22.8 Å². The van der Waals surface area contributed by atoms with Crippen LogP contribution in [0.3, 0.4) is 0 Å². The Bertz CT molecular complexity index is 827. The Kier molecular flexibility index (Phi) is 4.34. The standard InChI is InChI=1S/C16H12Cl2N2OS/c1-20(16(21)10-6-14(17)19-15(18)7-10)8-11-9-22-13-5-3-2-4-12(11)13/h2-7,9H,8H2,1H3. The number of fused-ring (bicyclic) bond motifs is 1. The highest BCUT2D eigenvalue weighted by Gasteiger charge is 2.15. The van der Waals surface area contributed by atoms with Gasteiger partial charge in [0.05, 0.1) is 0 Å². The summed E-state index contributed by atoms with van der Waals surface area (Å²) in [7, 11) is 1.76. The van der Waals surface area contributed by atoms with Crippen molar-refractivity contribution < 1.29 is 4.79 Å². The van der Waals surface area contributed by atoms with Crippen LogP contribution >= 0.6 is 34.5 Å². The molecule has 0 aliphatic rings. The highest BCUT2D eigenvalue weighted by Crippen LogP contribution is 2.27. The number of carbonyl (C=O) groups excluding carboxylic acids is 1. The number of amides is 1. The Morgan fingerprint density at radius 2 is 1.91 bits per heavy atom. The van der Waals surface area contributed by atoms with Crippen LogP contribution in [0.25, 0.3) is 10.1 Å². The third-order valence-electron chi connectivity index (χ3n) is 3.33. The highest BCUT2D eigenvalue weighted by molar-refractivity contribution is 7.17. The molecule has 0 atom stereocenters. The summed E-state index contributed by atoms with van der Waals surface area (Å²) in [4.78, 5) is 18.0. The second kappa shape index (κ2) is 6.24. The molecule has 3 nitrogen and oxygen atoms in total. The normalized spacial score (nSPS) is 10.9. The molecule has 0 bridgehead atoms. The van der Waals surface area contributed by atoms with E-state index < -0.39 is 0 Å². The van der Waals surface area contributed by atoms with Crippen molar-refractivity contribution in [3.8, 4) is 0 Å². The molecule has 0 saturated carbocycles. The first-order valence-corrected chi connectivity index (χ1v) is 8.22. The second-order valence-corrected chi connectivity index (χ2v) is 6.61. The van der Waals surface area contributed by atoms with Crippen LogP contribution in [-0.2, 0) is 6.54 Å². The number of carbonyl (C=O) groups is 1. The molecule has 6 heteroatoms. The van der Waals surface area contributed by atoms with Gasteiger partial charge in [-0.3, -0.25) is 4.79 Å². The van der Waals surface area contributed by atoms with E-state index in [1.807, 2.05) is 12.1 Å². The monoisotopic (exact) mass is 350 g/mol. The van der Waals surface area contributed by atoms with E-state index in [0.29, 0.717) is 12.1 Å². The maximum absolute atomic E-state index is 12.5. The van der Waals surface area contributed by atoms with E-state index in [1.54, 1.807) is 23.3 Å². The fourth-order valence-corrected chi connectivity index (χ4v) is 3.71. The van der Waals surface area contributed by atoms with Gasteiger partial charge in [-0.1, -0.05) is 41.4 Å². The summed E-state index contributed by atoms with van der Waals surface area (Å²) in [6, 6.07) is 11.2. The number of aromatic nitrogens is 1. The maximum Gasteiger partial charge on any atom is 0.254 e. The molecular formula is C16H12Cl2N2OS. The molecule has 2 aromatic heterocycles. The zero-order chi connectivity index (χ0) is 15.7. The van der Waals surface area contributed by atoms with E-state index in [1.165, 1.54) is 22.2 Å². The number of nitrogens with zero attached hydrogens (tertiary/aromatic N) is 2. The average Bonchev–Trinajstić information content (AvgIpc) is 2.89. The summed E-state index contributed by atoms with van der Waals surface area (Å²) in [5.41, 5.74) is 1.56. The van der Waals surface area contributed by atoms with E-state index >= 15 is 0 Å². The molecule has 0 aliphatic heterocycles. The van der Waals surface area contributed by atoms with Crippen molar-refractivity contribution in [3.63, 3.8) is 0 Å². The predicted octanol–water partition coefficient (Wildman–Crippen LogP) is 4.88. The fourth-order valence-electron chi connectivity index (χ4n) is 2.29. The molecule has 1 aromatic carbocycles. The van der Waals surface area contributed by atoms with Crippen molar-refractivity contribution in [3.05, 3.63) is 63.2 Å².